The van der Waals surface area contributed by atoms with Crippen LogP contribution in [0.15, 0.2) is 0 Å². The zero-order chi connectivity index (χ0) is 9.56. The summed E-state index contributed by atoms with van der Waals surface area (Å²) in [6, 6.07) is 0. The number of hydrogen-bond donors (Lipinski definition) is 4. The van der Waals surface area contributed by atoms with E-state index in [4.69, 9.17) is 15.3 Å². The van der Waals surface area contributed by atoms with Gasteiger partial charge in [-0.15, -0.1) is 0 Å². The standard InChI is InChI=1S/C8H18O4/c1-6(5-10)8(12)4-7(11)2-3-9/h6-12H,2-5H2,1H3. The summed E-state index contributed by atoms with van der Waals surface area (Å²) < 4.78 is 0. The summed E-state index contributed by atoms with van der Waals surface area (Å²) in [6.45, 7) is 1.53. The first-order valence-electron chi connectivity index (χ1n) is 4.19. The Kier molecular flexibility index (Phi) is 6.28. The molecule has 4 N–H and O–H groups in total. The van der Waals surface area contributed by atoms with Crippen LogP contribution in [-0.4, -0.2) is 45.8 Å². The Hall–Kier alpha value is -0.160. The third-order valence-electron chi connectivity index (χ3n) is 1.92. The minimum atomic E-state index is -0.698. The Morgan fingerprint density at radius 1 is 1.17 bits per heavy atom. The summed E-state index contributed by atoms with van der Waals surface area (Å²) in [4.78, 5) is 0. The van der Waals surface area contributed by atoms with Crippen molar-refractivity contribution in [2.24, 2.45) is 5.92 Å². The van der Waals surface area contributed by atoms with E-state index in [-0.39, 0.29) is 32.0 Å². The molecule has 3 unspecified atom stereocenters. The topological polar surface area (TPSA) is 80.9 Å². The van der Waals surface area contributed by atoms with E-state index in [0.29, 0.717) is 0 Å². The molecule has 0 amide bonds. The van der Waals surface area contributed by atoms with Crippen LogP contribution in [0.3, 0.4) is 0 Å². The van der Waals surface area contributed by atoms with Gasteiger partial charge < -0.3 is 20.4 Å². The fourth-order valence-corrected chi connectivity index (χ4v) is 0.900. The second-order valence-electron chi connectivity index (χ2n) is 3.13. The highest BCUT2D eigenvalue weighted by Crippen LogP contribution is 2.10. The van der Waals surface area contributed by atoms with Crippen molar-refractivity contribution in [2.45, 2.75) is 32.0 Å². The van der Waals surface area contributed by atoms with Crippen molar-refractivity contribution in [3.05, 3.63) is 0 Å². The molecule has 0 aliphatic rings. The second kappa shape index (κ2) is 6.37. The third-order valence-corrected chi connectivity index (χ3v) is 1.92. The molecule has 0 radical (unpaired) electrons. The first kappa shape index (κ1) is 11.8. The highest BCUT2D eigenvalue weighted by molar-refractivity contribution is 4.68. The maximum atomic E-state index is 9.31. The van der Waals surface area contributed by atoms with Crippen molar-refractivity contribution >= 4 is 0 Å². The van der Waals surface area contributed by atoms with E-state index < -0.39 is 12.2 Å². The van der Waals surface area contributed by atoms with Crippen LogP contribution >= 0.6 is 0 Å². The van der Waals surface area contributed by atoms with Crippen LogP contribution in [0.4, 0.5) is 0 Å². The lowest BCUT2D eigenvalue weighted by atomic mass is 9.99. The molecular weight excluding hydrogens is 160 g/mol. The van der Waals surface area contributed by atoms with Gasteiger partial charge in [-0.2, -0.15) is 0 Å². The average Bonchev–Trinajstić information content (AvgIpc) is 2.03. The Morgan fingerprint density at radius 2 is 1.75 bits per heavy atom. The molecule has 0 aliphatic carbocycles. The summed E-state index contributed by atoms with van der Waals surface area (Å²) in [6.07, 6.45) is -0.895. The van der Waals surface area contributed by atoms with E-state index in [1.165, 1.54) is 0 Å². The van der Waals surface area contributed by atoms with Gasteiger partial charge in [0.1, 0.15) is 0 Å². The molecule has 4 heteroatoms. The van der Waals surface area contributed by atoms with E-state index in [0.717, 1.165) is 0 Å². The van der Waals surface area contributed by atoms with Crippen molar-refractivity contribution in [3.8, 4) is 0 Å². The normalized spacial score (nSPS) is 18.8. The number of rotatable bonds is 6. The largest absolute Gasteiger partial charge is 0.396 e. The summed E-state index contributed by atoms with van der Waals surface area (Å²) in [5.41, 5.74) is 0. The minimum absolute atomic E-state index is 0.0820. The van der Waals surface area contributed by atoms with Crippen molar-refractivity contribution in [2.75, 3.05) is 13.2 Å². The molecule has 4 nitrogen and oxygen atoms in total. The van der Waals surface area contributed by atoms with Crippen molar-refractivity contribution < 1.29 is 20.4 Å². The van der Waals surface area contributed by atoms with Gasteiger partial charge in [-0.3, -0.25) is 0 Å². The maximum absolute atomic E-state index is 9.31. The van der Waals surface area contributed by atoms with Crippen LogP contribution in [0.2, 0.25) is 0 Å². The van der Waals surface area contributed by atoms with Gasteiger partial charge in [-0.25, -0.2) is 0 Å². The quantitative estimate of drug-likeness (QED) is 0.425. The van der Waals surface area contributed by atoms with E-state index in [1.54, 1.807) is 6.92 Å². The number of hydrogen-bond acceptors (Lipinski definition) is 4. The molecule has 12 heavy (non-hydrogen) atoms. The van der Waals surface area contributed by atoms with Gasteiger partial charge in [0.05, 0.1) is 12.2 Å². The highest BCUT2D eigenvalue weighted by Gasteiger charge is 2.16. The molecule has 0 saturated carbocycles. The second-order valence-corrected chi connectivity index (χ2v) is 3.13. The molecule has 0 spiro atoms. The van der Waals surface area contributed by atoms with Gasteiger partial charge in [0.15, 0.2) is 0 Å². The molecule has 0 aliphatic heterocycles. The first-order chi connectivity index (χ1) is 5.61. The van der Waals surface area contributed by atoms with E-state index in [9.17, 15) is 5.11 Å². The molecule has 0 rings (SSSR count). The summed E-state index contributed by atoms with van der Waals surface area (Å²) in [7, 11) is 0. The first-order valence-corrected chi connectivity index (χ1v) is 4.19. The molecule has 0 aromatic carbocycles. The lowest BCUT2D eigenvalue weighted by Crippen LogP contribution is -2.26. The fraction of sp³-hybridized carbons (Fsp3) is 1.00. The Labute approximate surface area is 72.5 Å². The maximum Gasteiger partial charge on any atom is 0.0612 e. The van der Waals surface area contributed by atoms with Crippen LogP contribution in [-0.2, 0) is 0 Å². The van der Waals surface area contributed by atoms with Crippen molar-refractivity contribution in [1.29, 1.82) is 0 Å². The summed E-state index contributed by atoms with van der Waals surface area (Å²) in [5.74, 6) is -0.224. The predicted molar refractivity (Wildman–Crippen MR) is 44.6 cm³/mol. The van der Waals surface area contributed by atoms with Crippen LogP contribution < -0.4 is 0 Å². The predicted octanol–water partition coefficient (Wildman–Crippen LogP) is -0.891. The average molecular weight is 178 g/mol. The molecule has 74 valence electrons. The van der Waals surface area contributed by atoms with Crippen LogP contribution in [0.5, 0.6) is 0 Å². The van der Waals surface area contributed by atoms with Crippen LogP contribution in [0.1, 0.15) is 19.8 Å². The zero-order valence-electron chi connectivity index (χ0n) is 7.35. The lowest BCUT2D eigenvalue weighted by molar-refractivity contribution is 0.0216. The lowest BCUT2D eigenvalue weighted by Gasteiger charge is -2.19. The third kappa shape index (κ3) is 4.66. The molecular formula is C8H18O4. The molecule has 0 fully saturated rings. The van der Waals surface area contributed by atoms with Gasteiger partial charge in [0.25, 0.3) is 0 Å². The smallest absolute Gasteiger partial charge is 0.0612 e. The van der Waals surface area contributed by atoms with E-state index in [2.05, 4.69) is 0 Å². The SMILES string of the molecule is CC(CO)C(O)CC(O)CCO. The molecule has 0 heterocycles. The molecule has 0 bridgehead atoms. The van der Waals surface area contributed by atoms with Crippen molar-refractivity contribution in [1.82, 2.24) is 0 Å². The summed E-state index contributed by atoms with van der Waals surface area (Å²) in [5, 5.41) is 35.6. The number of aliphatic hydroxyl groups excluding tert-OH is 4. The Bertz CT molecular complexity index is 107. The number of aliphatic hydroxyl groups is 4. The van der Waals surface area contributed by atoms with Crippen LogP contribution in [0, 0.1) is 5.92 Å². The molecule has 0 aromatic rings. The summed E-state index contributed by atoms with van der Waals surface area (Å²) >= 11 is 0. The van der Waals surface area contributed by atoms with E-state index in [1.807, 2.05) is 0 Å². The molecule has 3 atom stereocenters. The molecule has 0 saturated heterocycles. The minimum Gasteiger partial charge on any atom is -0.396 e. The Balaban J connectivity index is 3.59. The molecule has 0 aromatic heterocycles. The van der Waals surface area contributed by atoms with Crippen LogP contribution in [0.25, 0.3) is 0 Å². The van der Waals surface area contributed by atoms with Gasteiger partial charge in [0.2, 0.25) is 0 Å². The van der Waals surface area contributed by atoms with Gasteiger partial charge in [0, 0.05) is 19.1 Å². The zero-order valence-corrected chi connectivity index (χ0v) is 7.35. The van der Waals surface area contributed by atoms with Gasteiger partial charge >= 0.3 is 0 Å². The Morgan fingerprint density at radius 3 is 2.17 bits per heavy atom. The highest BCUT2D eigenvalue weighted by atomic mass is 16.3. The van der Waals surface area contributed by atoms with Gasteiger partial charge in [-0.1, -0.05) is 6.92 Å². The van der Waals surface area contributed by atoms with Crippen molar-refractivity contribution in [3.63, 3.8) is 0 Å². The monoisotopic (exact) mass is 178 g/mol. The van der Waals surface area contributed by atoms with Gasteiger partial charge in [-0.05, 0) is 12.8 Å². The fourth-order valence-electron chi connectivity index (χ4n) is 0.900. The van der Waals surface area contributed by atoms with E-state index >= 15 is 0 Å².